The molecule has 0 aliphatic carbocycles. The Labute approximate surface area is 176 Å². The summed E-state index contributed by atoms with van der Waals surface area (Å²) in [6, 6.07) is 14.1. The van der Waals surface area contributed by atoms with Gasteiger partial charge in [0.1, 0.15) is 13.2 Å². The number of hydrogen-bond donors (Lipinski definition) is 0. The molecule has 0 bridgehead atoms. The molecule has 28 heavy (non-hydrogen) atoms. The number of thiazole rings is 1. The molecule has 2 aromatic carbocycles. The molecule has 0 N–H and O–H groups in total. The lowest BCUT2D eigenvalue weighted by Gasteiger charge is -2.18. The van der Waals surface area contributed by atoms with E-state index in [1.807, 2.05) is 54.9 Å². The minimum Gasteiger partial charge on any atom is -0.486 e. The summed E-state index contributed by atoms with van der Waals surface area (Å²) in [6.45, 7) is 5.88. The highest BCUT2D eigenvalue weighted by Crippen LogP contribution is 2.31. The fourth-order valence-corrected chi connectivity index (χ4v) is 4.34. The van der Waals surface area contributed by atoms with Crippen LogP contribution in [0.4, 0.5) is 0 Å². The third-order valence-corrected chi connectivity index (χ3v) is 5.88. The van der Waals surface area contributed by atoms with Crippen LogP contribution in [-0.2, 0) is 0 Å². The molecule has 2 heterocycles. The largest absolute Gasteiger partial charge is 0.486 e. The molecule has 144 valence electrons. The van der Waals surface area contributed by atoms with Gasteiger partial charge in [0.25, 0.3) is 0 Å². The van der Waals surface area contributed by atoms with Crippen molar-refractivity contribution in [2.45, 2.75) is 13.8 Å². The molecule has 1 aliphatic rings. The lowest BCUT2D eigenvalue weighted by molar-refractivity contribution is 0.171. The van der Waals surface area contributed by atoms with E-state index in [1.54, 1.807) is 11.3 Å². The lowest BCUT2D eigenvalue weighted by atomic mass is 10.1. The molecular weight excluding hydrogens is 438 g/mol. The van der Waals surface area contributed by atoms with Crippen LogP contribution in [0.2, 0.25) is 0 Å². The number of halogens is 1. The van der Waals surface area contributed by atoms with E-state index in [0.29, 0.717) is 19.8 Å². The van der Waals surface area contributed by atoms with Crippen LogP contribution in [0.25, 0.3) is 11.3 Å². The second kappa shape index (κ2) is 8.32. The van der Waals surface area contributed by atoms with Crippen LogP contribution in [0.15, 0.2) is 62.4 Å². The maximum Gasteiger partial charge on any atom is 0.206 e. The van der Waals surface area contributed by atoms with Gasteiger partial charge in [-0.1, -0.05) is 34.1 Å². The molecule has 4 rings (SSSR count). The first-order valence-corrected chi connectivity index (χ1v) is 10.8. The molecule has 7 heteroatoms. The standard InChI is InChI=1S/C21H20BrN3O2S/c1-3-23-21-25(18(13-28-21)16-6-4-5-7-17(16)22)24-14(2)15-8-9-19-20(12-15)27-11-10-26-19/h4-9,12-13H,3,10-11H2,1-2H3. The third-order valence-electron chi connectivity index (χ3n) is 4.34. The van der Waals surface area contributed by atoms with Crippen molar-refractivity contribution in [3.05, 3.63) is 62.7 Å². The number of hydrogen-bond acceptors (Lipinski definition) is 5. The second-order valence-corrected chi connectivity index (χ2v) is 7.90. The predicted molar refractivity (Wildman–Crippen MR) is 117 cm³/mol. The van der Waals surface area contributed by atoms with Gasteiger partial charge in [-0.3, -0.25) is 4.99 Å². The molecule has 0 saturated heterocycles. The zero-order valence-corrected chi connectivity index (χ0v) is 18.1. The molecule has 3 aromatic rings. The van der Waals surface area contributed by atoms with E-state index in [-0.39, 0.29) is 0 Å². The Morgan fingerprint density at radius 3 is 2.71 bits per heavy atom. The first-order chi connectivity index (χ1) is 13.7. The minimum absolute atomic E-state index is 0.567. The summed E-state index contributed by atoms with van der Waals surface area (Å²) < 4.78 is 14.3. The Morgan fingerprint density at radius 1 is 1.14 bits per heavy atom. The van der Waals surface area contributed by atoms with Gasteiger partial charge in [0, 0.05) is 27.5 Å². The van der Waals surface area contributed by atoms with Gasteiger partial charge in [0.15, 0.2) is 11.5 Å². The molecular formula is C21H20BrN3O2S. The smallest absolute Gasteiger partial charge is 0.206 e. The highest BCUT2D eigenvalue weighted by Gasteiger charge is 2.14. The summed E-state index contributed by atoms with van der Waals surface area (Å²) in [7, 11) is 0. The van der Waals surface area contributed by atoms with Crippen LogP contribution in [0.1, 0.15) is 19.4 Å². The summed E-state index contributed by atoms with van der Waals surface area (Å²) in [5.74, 6) is 1.54. The van der Waals surface area contributed by atoms with E-state index in [0.717, 1.165) is 43.3 Å². The highest BCUT2D eigenvalue weighted by atomic mass is 79.9. The monoisotopic (exact) mass is 457 g/mol. The molecule has 5 nitrogen and oxygen atoms in total. The van der Waals surface area contributed by atoms with Gasteiger partial charge in [0.05, 0.1) is 11.4 Å². The molecule has 0 atom stereocenters. The van der Waals surface area contributed by atoms with Gasteiger partial charge in [-0.2, -0.15) is 5.10 Å². The van der Waals surface area contributed by atoms with Gasteiger partial charge in [-0.05, 0) is 38.1 Å². The number of fused-ring (bicyclic) bond motifs is 1. The van der Waals surface area contributed by atoms with E-state index in [1.165, 1.54) is 0 Å². The van der Waals surface area contributed by atoms with Crippen molar-refractivity contribution in [1.82, 2.24) is 4.68 Å². The zero-order valence-electron chi connectivity index (χ0n) is 15.7. The molecule has 0 spiro atoms. The van der Waals surface area contributed by atoms with E-state index >= 15 is 0 Å². The fourth-order valence-electron chi connectivity index (χ4n) is 2.97. The van der Waals surface area contributed by atoms with Gasteiger partial charge in [-0.15, -0.1) is 11.3 Å². The van der Waals surface area contributed by atoms with Crippen LogP contribution in [0, 0.1) is 0 Å². The SMILES string of the molecule is CCN=c1scc(-c2ccccc2Br)n1N=C(C)c1ccc2c(c1)OCCO2. The van der Waals surface area contributed by atoms with E-state index in [9.17, 15) is 0 Å². The van der Waals surface area contributed by atoms with Crippen molar-refractivity contribution in [2.75, 3.05) is 19.8 Å². The lowest BCUT2D eigenvalue weighted by Crippen LogP contribution is -2.16. The second-order valence-electron chi connectivity index (χ2n) is 6.21. The fraction of sp³-hybridized carbons (Fsp3) is 0.238. The van der Waals surface area contributed by atoms with Crippen molar-refractivity contribution in [2.24, 2.45) is 10.1 Å². The van der Waals surface area contributed by atoms with Crippen molar-refractivity contribution in [1.29, 1.82) is 0 Å². The quantitative estimate of drug-likeness (QED) is 0.520. The van der Waals surface area contributed by atoms with Crippen LogP contribution in [0.5, 0.6) is 11.5 Å². The topological polar surface area (TPSA) is 48.1 Å². The van der Waals surface area contributed by atoms with Crippen molar-refractivity contribution < 1.29 is 9.47 Å². The number of benzene rings is 2. The third kappa shape index (κ3) is 3.77. The van der Waals surface area contributed by atoms with Crippen LogP contribution >= 0.6 is 27.3 Å². The molecule has 0 radical (unpaired) electrons. The number of aromatic nitrogens is 1. The molecule has 0 unspecified atom stereocenters. The Morgan fingerprint density at radius 2 is 1.93 bits per heavy atom. The summed E-state index contributed by atoms with van der Waals surface area (Å²) >= 11 is 5.24. The zero-order chi connectivity index (χ0) is 19.5. The predicted octanol–water partition coefficient (Wildman–Crippen LogP) is 4.94. The Hall–Kier alpha value is -2.38. The molecule has 0 fully saturated rings. The van der Waals surface area contributed by atoms with Crippen molar-refractivity contribution in [3.63, 3.8) is 0 Å². The Bertz CT molecular complexity index is 1100. The van der Waals surface area contributed by atoms with E-state index in [4.69, 9.17) is 14.6 Å². The van der Waals surface area contributed by atoms with Crippen LogP contribution < -0.4 is 14.3 Å². The summed E-state index contributed by atoms with van der Waals surface area (Å²) in [5.41, 5.74) is 3.95. The number of rotatable bonds is 4. The Kier molecular flexibility index (Phi) is 5.64. The van der Waals surface area contributed by atoms with E-state index in [2.05, 4.69) is 32.4 Å². The summed E-state index contributed by atoms with van der Waals surface area (Å²) in [5, 5.41) is 7.00. The molecule has 0 saturated carbocycles. The normalized spacial score (nSPS) is 14.4. The average molecular weight is 458 g/mol. The van der Waals surface area contributed by atoms with Gasteiger partial charge in [-0.25, -0.2) is 4.68 Å². The highest BCUT2D eigenvalue weighted by molar-refractivity contribution is 9.10. The number of ether oxygens (including phenoxy) is 2. The molecule has 1 aliphatic heterocycles. The minimum atomic E-state index is 0.567. The Balaban J connectivity index is 1.81. The van der Waals surface area contributed by atoms with Gasteiger partial charge < -0.3 is 9.47 Å². The number of nitrogens with zero attached hydrogens (tertiary/aromatic N) is 3. The average Bonchev–Trinajstić information content (AvgIpc) is 3.10. The van der Waals surface area contributed by atoms with Crippen LogP contribution in [0.3, 0.4) is 0 Å². The van der Waals surface area contributed by atoms with Gasteiger partial charge in [0.2, 0.25) is 4.80 Å². The first-order valence-electron chi connectivity index (χ1n) is 9.09. The maximum atomic E-state index is 5.71. The van der Waals surface area contributed by atoms with Crippen molar-refractivity contribution in [3.8, 4) is 22.8 Å². The first kappa shape index (κ1) is 19.0. The molecule has 0 amide bonds. The summed E-state index contributed by atoms with van der Waals surface area (Å²) in [6.07, 6.45) is 0. The van der Waals surface area contributed by atoms with Crippen molar-refractivity contribution >= 4 is 33.0 Å². The van der Waals surface area contributed by atoms with Gasteiger partial charge >= 0.3 is 0 Å². The van der Waals surface area contributed by atoms with Crippen LogP contribution in [-0.4, -0.2) is 30.1 Å². The summed E-state index contributed by atoms with van der Waals surface area (Å²) in [4.78, 5) is 5.48. The molecule has 1 aromatic heterocycles. The maximum absolute atomic E-state index is 5.71. The van der Waals surface area contributed by atoms with E-state index < -0.39 is 0 Å².